The quantitative estimate of drug-likeness (QED) is 0.579. The molecule has 0 heterocycles. The van der Waals surface area contributed by atoms with Gasteiger partial charge in [0.15, 0.2) is 0 Å². The highest BCUT2D eigenvalue weighted by atomic mass is 16.6. The highest BCUT2D eigenvalue weighted by molar-refractivity contribution is 5.87. The van der Waals surface area contributed by atoms with Crippen molar-refractivity contribution in [2.75, 3.05) is 13.2 Å². The van der Waals surface area contributed by atoms with Gasteiger partial charge in [-0.2, -0.15) is 0 Å². The lowest BCUT2D eigenvalue weighted by Crippen LogP contribution is -2.56. The van der Waals surface area contributed by atoms with E-state index in [1.165, 1.54) is 25.0 Å². The van der Waals surface area contributed by atoms with Crippen LogP contribution in [0.1, 0.15) is 78.6 Å². The average molecular weight is 375 g/mol. The number of nitrogens with zero attached hydrogens (tertiary/aromatic N) is 1. The minimum Gasteiger partial charge on any atom is -0.396 e. The summed E-state index contributed by atoms with van der Waals surface area (Å²) in [5, 5.41) is 4.46. The number of ketones is 1. The third-order valence-electron chi connectivity index (χ3n) is 9.20. The van der Waals surface area contributed by atoms with Crippen LogP contribution < -0.4 is 5.73 Å². The van der Waals surface area contributed by atoms with Gasteiger partial charge < -0.3 is 10.6 Å². The molecule has 0 radical (unpaired) electrons. The predicted molar refractivity (Wildman–Crippen MR) is 108 cm³/mol. The number of hydrogen-bond donors (Lipinski definition) is 1. The van der Waals surface area contributed by atoms with E-state index in [4.69, 9.17) is 10.6 Å². The SMILES string of the molecule is C[C@@H]1CC2CC(=NOCCCN)CC[C@]2(C)[C@H]2CC[C@]3(C)C(=O)CC[C@H]3[C@H]12. The number of Topliss-reactive ketones (excluding diaryl/α,β-unsaturated/α-hetero) is 1. The van der Waals surface area contributed by atoms with Gasteiger partial charge in [0.25, 0.3) is 0 Å². The fraction of sp³-hybridized carbons (Fsp3) is 0.913. The van der Waals surface area contributed by atoms with E-state index in [0.29, 0.717) is 30.3 Å². The monoisotopic (exact) mass is 374 g/mol. The molecule has 0 spiro atoms. The predicted octanol–water partition coefficient (Wildman–Crippen LogP) is 4.57. The molecule has 0 amide bonds. The Hall–Kier alpha value is -0.900. The molecule has 7 atom stereocenters. The van der Waals surface area contributed by atoms with Crippen molar-refractivity contribution >= 4 is 11.5 Å². The first-order chi connectivity index (χ1) is 12.9. The molecular weight excluding hydrogens is 336 g/mol. The number of carbonyl (C=O) groups is 1. The van der Waals surface area contributed by atoms with E-state index >= 15 is 0 Å². The second-order valence-corrected chi connectivity index (χ2v) is 10.5. The molecule has 2 N–H and O–H groups in total. The van der Waals surface area contributed by atoms with Crippen molar-refractivity contribution in [3.05, 3.63) is 0 Å². The number of hydrogen-bond acceptors (Lipinski definition) is 4. The maximum absolute atomic E-state index is 12.6. The molecular formula is C23H38N2O2. The van der Waals surface area contributed by atoms with Crippen LogP contribution in [0.5, 0.6) is 0 Å². The van der Waals surface area contributed by atoms with Crippen molar-refractivity contribution in [2.45, 2.75) is 78.6 Å². The van der Waals surface area contributed by atoms with E-state index in [1.807, 2.05) is 0 Å². The molecule has 4 saturated carbocycles. The van der Waals surface area contributed by atoms with Crippen molar-refractivity contribution in [3.63, 3.8) is 0 Å². The summed E-state index contributed by atoms with van der Waals surface area (Å²) in [6.07, 6.45) is 9.93. The highest BCUT2D eigenvalue weighted by Crippen LogP contribution is 2.66. The topological polar surface area (TPSA) is 64.7 Å². The molecule has 1 unspecified atom stereocenters. The van der Waals surface area contributed by atoms with Crippen LogP contribution in [0.4, 0.5) is 0 Å². The van der Waals surface area contributed by atoms with Crippen LogP contribution >= 0.6 is 0 Å². The average Bonchev–Trinajstić information content (AvgIpc) is 2.95. The lowest BCUT2D eigenvalue weighted by molar-refractivity contribution is -0.143. The molecule has 4 rings (SSSR count). The first-order valence-corrected chi connectivity index (χ1v) is 11.3. The van der Waals surface area contributed by atoms with E-state index in [0.717, 1.165) is 62.2 Å². The Morgan fingerprint density at radius 2 is 2.00 bits per heavy atom. The Labute approximate surface area is 164 Å². The molecule has 0 aliphatic heterocycles. The largest absolute Gasteiger partial charge is 0.396 e. The standard InChI is InChI=1S/C23H38N2O2/c1-15-13-16-14-17(25-27-12-4-11-24)7-9-22(16,2)19-8-10-23(3)18(21(15)19)5-6-20(23)26/h15-16,18-19,21H,4-14,24H2,1-3H3/t15-,16?,18+,19+,21+,22+,23+/m1/s1. The molecule has 0 saturated heterocycles. The molecule has 4 nitrogen and oxygen atoms in total. The molecule has 152 valence electrons. The fourth-order valence-corrected chi connectivity index (χ4v) is 7.58. The Morgan fingerprint density at radius 1 is 1.19 bits per heavy atom. The molecule has 4 heteroatoms. The number of carbonyl (C=O) groups excluding carboxylic acids is 1. The second-order valence-electron chi connectivity index (χ2n) is 10.5. The molecule has 4 aliphatic rings. The van der Waals surface area contributed by atoms with Crippen molar-refractivity contribution in [1.82, 2.24) is 0 Å². The Morgan fingerprint density at radius 3 is 2.78 bits per heavy atom. The minimum atomic E-state index is -0.0171. The zero-order valence-electron chi connectivity index (χ0n) is 17.5. The van der Waals surface area contributed by atoms with Gasteiger partial charge in [-0.15, -0.1) is 0 Å². The van der Waals surface area contributed by atoms with Gasteiger partial charge in [-0.25, -0.2) is 0 Å². The van der Waals surface area contributed by atoms with Crippen molar-refractivity contribution in [1.29, 1.82) is 0 Å². The molecule has 0 bridgehead atoms. The Balaban J connectivity index is 1.51. The van der Waals surface area contributed by atoms with Gasteiger partial charge >= 0.3 is 0 Å². The first kappa shape index (κ1) is 19.4. The summed E-state index contributed by atoms with van der Waals surface area (Å²) >= 11 is 0. The summed E-state index contributed by atoms with van der Waals surface area (Å²) in [6, 6.07) is 0. The normalized spacial score (nSPS) is 48.1. The summed E-state index contributed by atoms with van der Waals surface area (Å²) in [5.41, 5.74) is 7.20. The van der Waals surface area contributed by atoms with Crippen molar-refractivity contribution < 1.29 is 9.63 Å². The summed E-state index contributed by atoms with van der Waals surface area (Å²) < 4.78 is 0. The van der Waals surface area contributed by atoms with E-state index < -0.39 is 0 Å². The van der Waals surface area contributed by atoms with E-state index in [1.54, 1.807) is 0 Å². The van der Waals surface area contributed by atoms with Crippen LogP contribution in [0.15, 0.2) is 5.16 Å². The van der Waals surface area contributed by atoms with Crippen LogP contribution in [-0.4, -0.2) is 24.6 Å². The van der Waals surface area contributed by atoms with Crippen molar-refractivity contribution in [3.8, 4) is 0 Å². The molecule has 0 aromatic heterocycles. The van der Waals surface area contributed by atoms with E-state index in [2.05, 4.69) is 25.9 Å². The van der Waals surface area contributed by atoms with Crippen LogP contribution in [0.2, 0.25) is 0 Å². The molecule has 4 aliphatic carbocycles. The summed E-state index contributed by atoms with van der Waals surface area (Å²) in [6.45, 7) is 8.61. The summed E-state index contributed by atoms with van der Waals surface area (Å²) in [7, 11) is 0. The number of nitrogens with two attached hydrogens (primary N) is 1. The van der Waals surface area contributed by atoms with Gasteiger partial charge in [-0.1, -0.05) is 25.9 Å². The smallest absolute Gasteiger partial charge is 0.139 e. The molecule has 27 heavy (non-hydrogen) atoms. The number of rotatable bonds is 4. The second kappa shape index (κ2) is 7.17. The molecule has 0 aromatic rings. The third-order valence-corrected chi connectivity index (χ3v) is 9.20. The summed E-state index contributed by atoms with van der Waals surface area (Å²) in [4.78, 5) is 18.1. The van der Waals surface area contributed by atoms with Crippen LogP contribution in [0.25, 0.3) is 0 Å². The maximum Gasteiger partial charge on any atom is 0.139 e. The maximum atomic E-state index is 12.6. The van der Waals surface area contributed by atoms with Crippen LogP contribution in [0.3, 0.4) is 0 Å². The first-order valence-electron chi connectivity index (χ1n) is 11.3. The van der Waals surface area contributed by atoms with Gasteiger partial charge in [-0.05, 0) is 92.9 Å². The van der Waals surface area contributed by atoms with Crippen LogP contribution in [0, 0.1) is 40.4 Å². The van der Waals surface area contributed by atoms with Gasteiger partial charge in [0, 0.05) is 11.8 Å². The van der Waals surface area contributed by atoms with E-state index in [-0.39, 0.29) is 5.41 Å². The number of oxime groups is 1. The zero-order valence-corrected chi connectivity index (χ0v) is 17.5. The lowest BCUT2D eigenvalue weighted by Gasteiger charge is -2.61. The fourth-order valence-electron chi connectivity index (χ4n) is 7.58. The van der Waals surface area contributed by atoms with Gasteiger partial charge in [-0.3, -0.25) is 4.79 Å². The van der Waals surface area contributed by atoms with Crippen molar-refractivity contribution in [2.24, 2.45) is 51.3 Å². The van der Waals surface area contributed by atoms with E-state index in [9.17, 15) is 4.79 Å². The zero-order chi connectivity index (χ0) is 19.2. The molecule has 4 fully saturated rings. The Kier molecular flexibility index (Phi) is 5.15. The van der Waals surface area contributed by atoms with Gasteiger partial charge in [0.05, 0.1) is 5.71 Å². The third kappa shape index (κ3) is 3.07. The Bertz CT molecular complexity index is 617. The lowest BCUT2D eigenvalue weighted by atomic mass is 9.43. The highest BCUT2D eigenvalue weighted by Gasteiger charge is 2.61. The van der Waals surface area contributed by atoms with Gasteiger partial charge in [0.1, 0.15) is 12.4 Å². The minimum absolute atomic E-state index is 0.0171. The number of fused-ring (bicyclic) bond motifs is 5. The molecule has 0 aromatic carbocycles. The van der Waals surface area contributed by atoms with Gasteiger partial charge in [0.2, 0.25) is 0 Å². The van der Waals surface area contributed by atoms with Crippen LogP contribution in [-0.2, 0) is 9.63 Å². The summed E-state index contributed by atoms with van der Waals surface area (Å²) in [5.74, 6) is 4.16.